The molecular formula is C18H22Si2. The highest BCUT2D eigenvalue weighted by atomic mass is 29.3. The van der Waals surface area contributed by atoms with Gasteiger partial charge in [0.15, 0.2) is 7.59 Å². The summed E-state index contributed by atoms with van der Waals surface area (Å²) in [6.07, 6.45) is 0. The summed E-state index contributed by atoms with van der Waals surface area (Å²) in [6.45, 7) is 9.37. The standard InChI is InChI=1S/C18H22Si2/c1-5-16-20(4,18-14-10-7-11-15-18)19(2,3)17-12-8-6-9-13-17/h6-15H,1-4H3. The first kappa shape index (κ1) is 14.8. The SMILES string of the molecule is CC#C[Si](C)(c1ccccc1)[Si](C)(C)c1ccccc1. The Hall–Kier alpha value is -1.57. The lowest BCUT2D eigenvalue weighted by Gasteiger charge is -2.37. The van der Waals surface area contributed by atoms with Crippen molar-refractivity contribution in [1.29, 1.82) is 0 Å². The minimum Gasteiger partial charge on any atom is -0.129 e. The van der Waals surface area contributed by atoms with Gasteiger partial charge in [0, 0.05) is 0 Å². The van der Waals surface area contributed by atoms with Gasteiger partial charge in [-0.15, -0.1) is 11.5 Å². The third kappa shape index (κ3) is 2.52. The van der Waals surface area contributed by atoms with E-state index >= 15 is 0 Å². The molecule has 1 atom stereocenters. The van der Waals surface area contributed by atoms with Crippen LogP contribution in [0.3, 0.4) is 0 Å². The fourth-order valence-corrected chi connectivity index (χ4v) is 13.1. The van der Waals surface area contributed by atoms with Crippen LogP contribution in [0.4, 0.5) is 0 Å². The van der Waals surface area contributed by atoms with Crippen LogP contribution in [0, 0.1) is 11.5 Å². The average Bonchev–Trinajstić information content (AvgIpc) is 2.49. The summed E-state index contributed by atoms with van der Waals surface area (Å²) in [5.41, 5.74) is 3.66. The highest BCUT2D eigenvalue weighted by Crippen LogP contribution is 2.19. The highest BCUT2D eigenvalue weighted by Gasteiger charge is 2.46. The number of benzene rings is 2. The summed E-state index contributed by atoms with van der Waals surface area (Å²) < 4.78 is 0. The Morgan fingerprint density at radius 3 is 1.60 bits per heavy atom. The molecule has 0 heterocycles. The molecule has 102 valence electrons. The van der Waals surface area contributed by atoms with Gasteiger partial charge in [-0.25, -0.2) is 0 Å². The van der Waals surface area contributed by atoms with Gasteiger partial charge in [-0.1, -0.05) is 85.5 Å². The second-order valence-corrected chi connectivity index (χ2v) is 19.5. The zero-order valence-corrected chi connectivity index (χ0v) is 14.8. The molecule has 0 saturated heterocycles. The van der Waals surface area contributed by atoms with Crippen molar-refractivity contribution in [1.82, 2.24) is 0 Å². The van der Waals surface area contributed by atoms with Gasteiger partial charge < -0.3 is 0 Å². The largest absolute Gasteiger partial charge is 0.160 e. The van der Waals surface area contributed by atoms with E-state index in [2.05, 4.69) is 91.8 Å². The maximum absolute atomic E-state index is 3.66. The monoisotopic (exact) mass is 294 g/mol. The van der Waals surface area contributed by atoms with Crippen LogP contribution >= 0.6 is 0 Å². The lowest BCUT2D eigenvalue weighted by atomic mass is 10.4. The van der Waals surface area contributed by atoms with Crippen LogP contribution in [-0.2, 0) is 0 Å². The zero-order chi connectivity index (χ0) is 14.6. The van der Waals surface area contributed by atoms with Gasteiger partial charge >= 0.3 is 0 Å². The normalized spacial score (nSPS) is 14.0. The first-order chi connectivity index (χ1) is 9.52. The van der Waals surface area contributed by atoms with E-state index in [1.165, 1.54) is 10.4 Å². The van der Waals surface area contributed by atoms with Crippen molar-refractivity contribution in [2.75, 3.05) is 0 Å². The lowest BCUT2D eigenvalue weighted by molar-refractivity contribution is 1.70. The number of hydrogen-bond acceptors (Lipinski definition) is 0. The van der Waals surface area contributed by atoms with Crippen LogP contribution in [0.15, 0.2) is 60.7 Å². The molecule has 0 fully saturated rings. The summed E-state index contributed by atoms with van der Waals surface area (Å²) in [7, 11) is -3.45. The van der Waals surface area contributed by atoms with Gasteiger partial charge in [0.25, 0.3) is 0 Å². The molecule has 20 heavy (non-hydrogen) atoms. The quantitative estimate of drug-likeness (QED) is 0.602. The average molecular weight is 295 g/mol. The first-order valence-corrected chi connectivity index (χ1v) is 13.6. The van der Waals surface area contributed by atoms with E-state index < -0.39 is 15.2 Å². The molecule has 2 heteroatoms. The molecule has 2 aromatic rings. The van der Waals surface area contributed by atoms with E-state index in [4.69, 9.17) is 0 Å². The van der Waals surface area contributed by atoms with Gasteiger partial charge in [-0.3, -0.25) is 0 Å². The van der Waals surface area contributed by atoms with E-state index in [-0.39, 0.29) is 0 Å². The van der Waals surface area contributed by atoms with E-state index in [9.17, 15) is 0 Å². The molecule has 0 amide bonds. The minimum absolute atomic E-state index is 1.47. The fraction of sp³-hybridized carbons (Fsp3) is 0.222. The van der Waals surface area contributed by atoms with Crippen LogP contribution in [0.2, 0.25) is 19.6 Å². The van der Waals surface area contributed by atoms with Crippen LogP contribution in [-0.4, -0.2) is 15.2 Å². The smallest absolute Gasteiger partial charge is 0.129 e. The molecule has 2 aromatic carbocycles. The van der Waals surface area contributed by atoms with E-state index in [1.807, 2.05) is 6.92 Å². The second-order valence-electron chi connectivity index (χ2n) is 5.86. The van der Waals surface area contributed by atoms with Gasteiger partial charge in [0.2, 0.25) is 0 Å². The molecule has 0 aliphatic heterocycles. The molecule has 1 unspecified atom stereocenters. The summed E-state index contributed by atoms with van der Waals surface area (Å²) in [5, 5.41) is 2.98. The summed E-state index contributed by atoms with van der Waals surface area (Å²) in [6, 6.07) is 21.9. The first-order valence-electron chi connectivity index (χ1n) is 7.07. The lowest BCUT2D eigenvalue weighted by Crippen LogP contribution is -2.70. The van der Waals surface area contributed by atoms with Gasteiger partial charge in [-0.05, 0) is 12.1 Å². The predicted molar refractivity (Wildman–Crippen MR) is 94.7 cm³/mol. The van der Waals surface area contributed by atoms with Crippen molar-refractivity contribution in [2.24, 2.45) is 0 Å². The highest BCUT2D eigenvalue weighted by molar-refractivity contribution is 7.53. The third-order valence-corrected chi connectivity index (χ3v) is 20.6. The molecule has 2 rings (SSSR count). The second kappa shape index (κ2) is 5.82. The molecule has 0 nitrogen and oxygen atoms in total. The predicted octanol–water partition coefficient (Wildman–Crippen LogP) is 3.23. The maximum atomic E-state index is 3.66. The van der Waals surface area contributed by atoms with Crippen molar-refractivity contribution < 1.29 is 0 Å². The van der Waals surface area contributed by atoms with Crippen molar-refractivity contribution in [3.8, 4) is 11.5 Å². The topological polar surface area (TPSA) is 0 Å². The molecule has 0 spiro atoms. The van der Waals surface area contributed by atoms with Crippen molar-refractivity contribution in [3.63, 3.8) is 0 Å². The molecule has 0 bridgehead atoms. The number of rotatable bonds is 3. The van der Waals surface area contributed by atoms with Gasteiger partial charge in [-0.2, -0.15) is 0 Å². The maximum Gasteiger partial charge on any atom is 0.160 e. The van der Waals surface area contributed by atoms with Crippen molar-refractivity contribution >= 4 is 25.6 Å². The molecule has 0 saturated carbocycles. The molecule has 0 radical (unpaired) electrons. The molecule has 0 aliphatic rings. The van der Waals surface area contributed by atoms with Crippen LogP contribution in [0.5, 0.6) is 0 Å². The Kier molecular flexibility index (Phi) is 4.32. The Labute approximate surface area is 124 Å². The van der Waals surface area contributed by atoms with Crippen molar-refractivity contribution in [2.45, 2.75) is 26.6 Å². The van der Waals surface area contributed by atoms with Crippen LogP contribution < -0.4 is 10.4 Å². The van der Waals surface area contributed by atoms with E-state index in [0.29, 0.717) is 0 Å². The third-order valence-electron chi connectivity index (χ3n) is 4.47. The van der Waals surface area contributed by atoms with Crippen LogP contribution in [0.1, 0.15) is 6.92 Å². The zero-order valence-electron chi connectivity index (χ0n) is 12.8. The number of hydrogen-bond donors (Lipinski definition) is 0. The van der Waals surface area contributed by atoms with Gasteiger partial charge in [0.1, 0.15) is 0 Å². The van der Waals surface area contributed by atoms with E-state index in [1.54, 1.807) is 0 Å². The summed E-state index contributed by atoms with van der Waals surface area (Å²) >= 11 is 0. The molecule has 0 aliphatic carbocycles. The van der Waals surface area contributed by atoms with Crippen LogP contribution in [0.25, 0.3) is 0 Å². The minimum atomic E-state index is -1.82. The Morgan fingerprint density at radius 2 is 1.15 bits per heavy atom. The molecule has 0 aromatic heterocycles. The Morgan fingerprint density at radius 1 is 0.700 bits per heavy atom. The summed E-state index contributed by atoms with van der Waals surface area (Å²) in [4.78, 5) is 0. The Balaban J connectivity index is 2.61. The fourth-order valence-electron chi connectivity index (χ4n) is 2.75. The molecular weight excluding hydrogens is 272 g/mol. The van der Waals surface area contributed by atoms with Gasteiger partial charge in [0.05, 0.1) is 7.59 Å². The Bertz CT molecular complexity index is 621. The van der Waals surface area contributed by atoms with E-state index in [0.717, 1.165) is 0 Å². The molecule has 0 N–H and O–H groups in total. The summed E-state index contributed by atoms with van der Waals surface area (Å²) in [5.74, 6) is 3.23. The van der Waals surface area contributed by atoms with Crippen molar-refractivity contribution in [3.05, 3.63) is 60.7 Å².